The maximum absolute atomic E-state index is 5.65. The summed E-state index contributed by atoms with van der Waals surface area (Å²) >= 11 is 2.19. The molecule has 0 amide bonds. The summed E-state index contributed by atoms with van der Waals surface area (Å²) in [6, 6.07) is 0.690. The lowest BCUT2D eigenvalue weighted by molar-refractivity contribution is 0.0386. The van der Waals surface area contributed by atoms with Crippen LogP contribution in [0.5, 0.6) is 0 Å². The van der Waals surface area contributed by atoms with Crippen LogP contribution in [0.2, 0.25) is 0 Å². The molecule has 2 heterocycles. The lowest BCUT2D eigenvalue weighted by Gasteiger charge is -2.37. The van der Waals surface area contributed by atoms with Crippen LogP contribution in [0.4, 0.5) is 0 Å². The van der Waals surface area contributed by atoms with Gasteiger partial charge >= 0.3 is 0 Å². The van der Waals surface area contributed by atoms with Crippen molar-refractivity contribution in [2.45, 2.75) is 50.3 Å². The molecule has 3 atom stereocenters. The highest BCUT2D eigenvalue weighted by Crippen LogP contribution is 2.32. The lowest BCUT2D eigenvalue weighted by Crippen LogP contribution is -2.47. The van der Waals surface area contributed by atoms with Crippen molar-refractivity contribution in [3.8, 4) is 0 Å². The molecule has 3 unspecified atom stereocenters. The van der Waals surface area contributed by atoms with E-state index in [1.807, 2.05) is 0 Å². The van der Waals surface area contributed by atoms with E-state index in [-0.39, 0.29) is 0 Å². The second kappa shape index (κ2) is 6.87. The highest BCUT2D eigenvalue weighted by atomic mass is 32.2. The molecule has 2 fully saturated rings. The van der Waals surface area contributed by atoms with E-state index in [2.05, 4.69) is 24.0 Å². The Bertz CT molecular complexity index is 170. The molecule has 2 rings (SSSR count). The highest BCUT2D eigenvalue weighted by molar-refractivity contribution is 8.00. The number of nitrogens with one attached hydrogen (secondary N) is 1. The van der Waals surface area contributed by atoms with Crippen LogP contribution in [0.3, 0.4) is 0 Å². The first kappa shape index (κ1) is 12.7. The van der Waals surface area contributed by atoms with Gasteiger partial charge in [-0.2, -0.15) is 11.8 Å². The predicted molar refractivity (Wildman–Crippen MR) is 71.1 cm³/mol. The normalized spacial score (nSPS) is 33.6. The summed E-state index contributed by atoms with van der Waals surface area (Å²) in [5.41, 5.74) is 0. The van der Waals surface area contributed by atoms with Crippen molar-refractivity contribution in [3.05, 3.63) is 0 Å². The van der Waals surface area contributed by atoms with Gasteiger partial charge in [-0.3, -0.25) is 0 Å². The van der Waals surface area contributed by atoms with Crippen molar-refractivity contribution in [1.29, 1.82) is 0 Å². The van der Waals surface area contributed by atoms with Gasteiger partial charge in [-0.25, -0.2) is 0 Å². The summed E-state index contributed by atoms with van der Waals surface area (Å²) in [7, 11) is 0. The molecule has 0 aliphatic carbocycles. The minimum atomic E-state index is 0.690. The van der Waals surface area contributed by atoms with Crippen LogP contribution in [-0.4, -0.2) is 36.8 Å². The number of rotatable bonds is 4. The van der Waals surface area contributed by atoms with Crippen LogP contribution in [-0.2, 0) is 4.74 Å². The molecule has 2 aliphatic rings. The molecule has 16 heavy (non-hydrogen) atoms. The Hall–Kier alpha value is 0.270. The Balaban J connectivity index is 1.91. The van der Waals surface area contributed by atoms with E-state index in [0.717, 1.165) is 30.9 Å². The number of hydrogen-bond acceptors (Lipinski definition) is 3. The van der Waals surface area contributed by atoms with Crippen LogP contribution in [0.25, 0.3) is 0 Å². The number of ether oxygens (including phenoxy) is 1. The van der Waals surface area contributed by atoms with Gasteiger partial charge in [0.2, 0.25) is 0 Å². The van der Waals surface area contributed by atoms with Crippen molar-refractivity contribution in [2.24, 2.45) is 5.92 Å². The van der Waals surface area contributed by atoms with Gasteiger partial charge in [-0.15, -0.1) is 0 Å². The first-order valence-corrected chi connectivity index (χ1v) is 7.89. The van der Waals surface area contributed by atoms with Gasteiger partial charge in [0.1, 0.15) is 0 Å². The minimum absolute atomic E-state index is 0.690. The van der Waals surface area contributed by atoms with Crippen LogP contribution < -0.4 is 5.32 Å². The lowest BCUT2D eigenvalue weighted by atomic mass is 9.89. The summed E-state index contributed by atoms with van der Waals surface area (Å²) < 4.78 is 5.65. The third-order valence-electron chi connectivity index (χ3n) is 3.76. The molecule has 2 nitrogen and oxygen atoms in total. The average molecular weight is 243 g/mol. The zero-order valence-electron chi connectivity index (χ0n) is 10.4. The largest absolute Gasteiger partial charge is 0.381 e. The zero-order chi connectivity index (χ0) is 11.2. The van der Waals surface area contributed by atoms with Crippen molar-refractivity contribution < 1.29 is 4.74 Å². The molecule has 0 bridgehead atoms. The number of thioether (sulfide) groups is 1. The van der Waals surface area contributed by atoms with Crippen molar-refractivity contribution >= 4 is 11.8 Å². The van der Waals surface area contributed by atoms with Crippen molar-refractivity contribution in [3.63, 3.8) is 0 Å². The van der Waals surface area contributed by atoms with E-state index in [9.17, 15) is 0 Å². The monoisotopic (exact) mass is 243 g/mol. The topological polar surface area (TPSA) is 21.3 Å². The molecule has 2 aliphatic heterocycles. The molecule has 0 aromatic rings. The second-order valence-corrected chi connectivity index (χ2v) is 6.31. The van der Waals surface area contributed by atoms with E-state index in [1.54, 1.807) is 0 Å². The molecule has 94 valence electrons. The summed E-state index contributed by atoms with van der Waals surface area (Å²) in [6.45, 7) is 5.28. The molecule has 1 N–H and O–H groups in total. The fourth-order valence-corrected chi connectivity index (χ4v) is 4.47. The fraction of sp³-hybridized carbons (Fsp3) is 1.00. The number of hydrogen-bond donors (Lipinski definition) is 1. The standard InChI is InChI=1S/C13H25NOS/c1-2-14-13(11-6-5-8-15-10-11)12-7-3-4-9-16-12/h11-14H,2-10H2,1H3. The Kier molecular flexibility index (Phi) is 5.46. The molecule has 0 spiro atoms. The van der Waals surface area contributed by atoms with E-state index in [0.29, 0.717) is 6.04 Å². The van der Waals surface area contributed by atoms with Gasteiger partial charge in [0.15, 0.2) is 0 Å². The first-order chi connectivity index (χ1) is 7.92. The Morgan fingerprint density at radius 2 is 2.25 bits per heavy atom. The Labute approximate surface area is 104 Å². The maximum Gasteiger partial charge on any atom is 0.0509 e. The van der Waals surface area contributed by atoms with Gasteiger partial charge in [0.25, 0.3) is 0 Å². The van der Waals surface area contributed by atoms with E-state index >= 15 is 0 Å². The molecule has 0 saturated carbocycles. The van der Waals surface area contributed by atoms with Crippen molar-refractivity contribution in [1.82, 2.24) is 5.32 Å². The van der Waals surface area contributed by atoms with E-state index < -0.39 is 0 Å². The molecule has 3 heteroatoms. The molecule has 0 aromatic carbocycles. The summed E-state index contributed by atoms with van der Waals surface area (Å²) in [6.07, 6.45) is 6.85. The van der Waals surface area contributed by atoms with Crippen LogP contribution in [0.15, 0.2) is 0 Å². The van der Waals surface area contributed by atoms with Gasteiger partial charge in [0.05, 0.1) is 6.61 Å². The maximum atomic E-state index is 5.65. The molecular formula is C13H25NOS. The highest BCUT2D eigenvalue weighted by Gasteiger charge is 2.31. The van der Waals surface area contributed by atoms with Crippen LogP contribution in [0, 0.1) is 5.92 Å². The van der Waals surface area contributed by atoms with Gasteiger partial charge in [-0.1, -0.05) is 13.3 Å². The summed E-state index contributed by atoms with van der Waals surface area (Å²) in [5, 5.41) is 4.55. The van der Waals surface area contributed by atoms with Gasteiger partial charge in [0, 0.05) is 17.9 Å². The fourth-order valence-electron chi connectivity index (χ4n) is 2.94. The molecule has 2 saturated heterocycles. The molecular weight excluding hydrogens is 218 g/mol. The SMILES string of the molecule is CCNC(C1CCCOC1)C1CCCCS1. The molecule has 0 radical (unpaired) electrons. The third kappa shape index (κ3) is 3.38. The van der Waals surface area contributed by atoms with Gasteiger partial charge < -0.3 is 10.1 Å². The second-order valence-electron chi connectivity index (χ2n) is 4.97. The smallest absolute Gasteiger partial charge is 0.0509 e. The average Bonchev–Trinajstić information content (AvgIpc) is 2.38. The summed E-state index contributed by atoms with van der Waals surface area (Å²) in [5.74, 6) is 2.12. The van der Waals surface area contributed by atoms with E-state index in [4.69, 9.17) is 4.74 Å². The van der Waals surface area contributed by atoms with Crippen molar-refractivity contribution in [2.75, 3.05) is 25.5 Å². The predicted octanol–water partition coefficient (Wildman–Crippen LogP) is 2.68. The Morgan fingerprint density at radius 1 is 1.31 bits per heavy atom. The van der Waals surface area contributed by atoms with Crippen LogP contribution >= 0.6 is 11.8 Å². The van der Waals surface area contributed by atoms with Crippen LogP contribution in [0.1, 0.15) is 39.0 Å². The van der Waals surface area contributed by atoms with E-state index in [1.165, 1.54) is 37.9 Å². The Morgan fingerprint density at radius 3 is 2.88 bits per heavy atom. The quantitative estimate of drug-likeness (QED) is 0.820. The molecule has 0 aromatic heterocycles. The third-order valence-corrected chi connectivity index (χ3v) is 5.24. The summed E-state index contributed by atoms with van der Waals surface area (Å²) in [4.78, 5) is 0. The first-order valence-electron chi connectivity index (χ1n) is 6.84. The van der Waals surface area contributed by atoms with Gasteiger partial charge in [-0.05, 0) is 43.9 Å². The minimum Gasteiger partial charge on any atom is -0.381 e. The zero-order valence-corrected chi connectivity index (χ0v) is 11.2.